The molecule has 0 unspecified atom stereocenters. The number of aryl methyl sites for hydroxylation is 2. The van der Waals surface area contributed by atoms with Crippen LogP contribution in [0.15, 0.2) is 18.2 Å². The third-order valence-corrected chi connectivity index (χ3v) is 2.84. The largest absolute Gasteiger partial charge is 0.357 e. The number of anilines is 3. The molecule has 2 rings (SSSR count). The first-order valence-electron chi connectivity index (χ1n) is 6.16. The molecule has 0 bridgehead atoms. The van der Waals surface area contributed by atoms with Crippen molar-refractivity contribution < 1.29 is 9.31 Å². The third-order valence-electron chi connectivity index (χ3n) is 2.84. The van der Waals surface area contributed by atoms with E-state index in [-0.39, 0.29) is 28.8 Å². The highest BCUT2D eigenvalue weighted by molar-refractivity contribution is 5.68. The number of nitrogens with one attached hydrogen (secondary N) is 2. The molecule has 0 spiro atoms. The summed E-state index contributed by atoms with van der Waals surface area (Å²) < 4.78 is 13.8. The molecule has 0 saturated heterocycles. The van der Waals surface area contributed by atoms with E-state index in [2.05, 4.69) is 20.6 Å². The van der Waals surface area contributed by atoms with Gasteiger partial charge in [-0.05, 0) is 31.5 Å². The first kappa shape index (κ1) is 14.6. The monoisotopic (exact) mass is 291 g/mol. The fraction of sp³-hybridized carbons (Fsp3) is 0.231. The van der Waals surface area contributed by atoms with Crippen LogP contribution in [0.3, 0.4) is 0 Å². The lowest BCUT2D eigenvalue weighted by Crippen LogP contribution is -2.07. The van der Waals surface area contributed by atoms with Gasteiger partial charge in [0.2, 0.25) is 11.8 Å². The van der Waals surface area contributed by atoms with Gasteiger partial charge in [-0.1, -0.05) is 6.07 Å². The van der Waals surface area contributed by atoms with Crippen molar-refractivity contribution >= 4 is 23.1 Å². The highest BCUT2D eigenvalue weighted by Gasteiger charge is 2.22. The number of halogens is 1. The summed E-state index contributed by atoms with van der Waals surface area (Å²) in [5, 5.41) is 16.5. The smallest absolute Gasteiger partial charge is 0.332 e. The van der Waals surface area contributed by atoms with E-state index in [1.807, 2.05) is 0 Å². The standard InChI is InChI=1S/C13H14FN5O2/c1-7-4-5-9(14)10(6-7)17-12-11(19(20)21)8(2)16-13(15-3)18-12/h4-6H,1-3H3,(H2,15,16,17,18). The van der Waals surface area contributed by atoms with Crippen molar-refractivity contribution in [2.24, 2.45) is 0 Å². The van der Waals surface area contributed by atoms with Gasteiger partial charge in [0.25, 0.3) is 0 Å². The fourth-order valence-corrected chi connectivity index (χ4v) is 1.85. The summed E-state index contributed by atoms with van der Waals surface area (Å²) in [5.41, 5.74) is 0.851. The molecule has 0 aliphatic rings. The lowest BCUT2D eigenvalue weighted by Gasteiger charge is -2.10. The normalized spacial score (nSPS) is 10.3. The third kappa shape index (κ3) is 3.04. The first-order valence-corrected chi connectivity index (χ1v) is 6.16. The van der Waals surface area contributed by atoms with Crippen LogP contribution in [0.2, 0.25) is 0 Å². The van der Waals surface area contributed by atoms with E-state index >= 15 is 0 Å². The van der Waals surface area contributed by atoms with E-state index < -0.39 is 10.7 Å². The van der Waals surface area contributed by atoms with Gasteiger partial charge in [0.15, 0.2) is 0 Å². The van der Waals surface area contributed by atoms with Gasteiger partial charge in [-0.3, -0.25) is 10.1 Å². The zero-order valence-electron chi connectivity index (χ0n) is 11.8. The second-order valence-electron chi connectivity index (χ2n) is 4.45. The minimum Gasteiger partial charge on any atom is -0.357 e. The molecule has 110 valence electrons. The highest BCUT2D eigenvalue weighted by atomic mass is 19.1. The predicted octanol–water partition coefficient (Wildman–Crippen LogP) is 2.93. The second-order valence-corrected chi connectivity index (χ2v) is 4.45. The average molecular weight is 291 g/mol. The number of benzene rings is 1. The molecule has 0 fully saturated rings. The Kier molecular flexibility index (Phi) is 3.97. The van der Waals surface area contributed by atoms with E-state index in [4.69, 9.17) is 0 Å². The van der Waals surface area contributed by atoms with Crippen LogP contribution >= 0.6 is 0 Å². The quantitative estimate of drug-likeness (QED) is 0.664. The lowest BCUT2D eigenvalue weighted by molar-refractivity contribution is -0.385. The molecule has 0 atom stereocenters. The van der Waals surface area contributed by atoms with Crippen molar-refractivity contribution in [3.63, 3.8) is 0 Å². The molecular formula is C13H14FN5O2. The maximum absolute atomic E-state index is 13.8. The van der Waals surface area contributed by atoms with Gasteiger partial charge in [-0.25, -0.2) is 9.37 Å². The Morgan fingerprint density at radius 3 is 2.62 bits per heavy atom. The van der Waals surface area contributed by atoms with Gasteiger partial charge in [0.1, 0.15) is 11.5 Å². The summed E-state index contributed by atoms with van der Waals surface area (Å²) >= 11 is 0. The SMILES string of the molecule is CNc1nc(C)c([N+](=O)[O-])c(Nc2cc(C)ccc2F)n1. The Bertz CT molecular complexity index is 705. The van der Waals surface area contributed by atoms with Crippen LogP contribution in [0.1, 0.15) is 11.3 Å². The Hall–Kier alpha value is -2.77. The van der Waals surface area contributed by atoms with Crippen LogP contribution in [-0.4, -0.2) is 21.9 Å². The van der Waals surface area contributed by atoms with Crippen LogP contribution in [-0.2, 0) is 0 Å². The molecule has 0 radical (unpaired) electrons. The minimum atomic E-state index is -0.592. The Morgan fingerprint density at radius 2 is 2.00 bits per heavy atom. The predicted molar refractivity (Wildman–Crippen MR) is 77.4 cm³/mol. The number of aromatic nitrogens is 2. The molecule has 0 saturated carbocycles. The molecule has 7 nitrogen and oxygen atoms in total. The van der Waals surface area contributed by atoms with E-state index in [1.165, 1.54) is 13.0 Å². The van der Waals surface area contributed by atoms with Crippen molar-refractivity contribution in [2.75, 3.05) is 17.7 Å². The van der Waals surface area contributed by atoms with Crippen molar-refractivity contribution in [1.29, 1.82) is 0 Å². The molecule has 0 aliphatic heterocycles. The Balaban J connectivity index is 2.54. The number of nitrogens with zero attached hydrogens (tertiary/aromatic N) is 3. The summed E-state index contributed by atoms with van der Waals surface area (Å²) in [6.07, 6.45) is 0. The maximum atomic E-state index is 13.8. The van der Waals surface area contributed by atoms with Crippen molar-refractivity contribution in [2.45, 2.75) is 13.8 Å². The summed E-state index contributed by atoms with van der Waals surface area (Å²) in [7, 11) is 1.59. The van der Waals surface area contributed by atoms with E-state index in [1.54, 1.807) is 26.1 Å². The van der Waals surface area contributed by atoms with Crippen molar-refractivity contribution in [3.05, 3.63) is 45.4 Å². The van der Waals surface area contributed by atoms with Crippen LogP contribution in [0.25, 0.3) is 0 Å². The average Bonchev–Trinajstić information content (AvgIpc) is 2.41. The molecule has 2 N–H and O–H groups in total. The van der Waals surface area contributed by atoms with E-state index in [9.17, 15) is 14.5 Å². The zero-order chi connectivity index (χ0) is 15.6. The van der Waals surface area contributed by atoms with E-state index in [0.717, 1.165) is 5.56 Å². The maximum Gasteiger partial charge on any atom is 0.332 e. The van der Waals surface area contributed by atoms with Gasteiger partial charge in [0.05, 0.1) is 10.6 Å². The van der Waals surface area contributed by atoms with Gasteiger partial charge in [-0.15, -0.1) is 0 Å². The number of nitro groups is 1. The number of hydrogen-bond acceptors (Lipinski definition) is 6. The molecule has 8 heteroatoms. The molecule has 2 aromatic rings. The summed E-state index contributed by atoms with van der Waals surface area (Å²) in [5.74, 6) is -0.354. The van der Waals surface area contributed by atoms with Crippen LogP contribution in [0.4, 0.5) is 27.5 Å². The molecule has 1 aromatic heterocycles. The Morgan fingerprint density at radius 1 is 1.29 bits per heavy atom. The molecule has 0 aliphatic carbocycles. The van der Waals surface area contributed by atoms with Gasteiger partial charge in [0, 0.05) is 7.05 Å². The summed E-state index contributed by atoms with van der Waals surface area (Å²) in [6.45, 7) is 3.29. The van der Waals surface area contributed by atoms with E-state index in [0.29, 0.717) is 0 Å². The van der Waals surface area contributed by atoms with Crippen LogP contribution in [0, 0.1) is 29.8 Å². The minimum absolute atomic E-state index is 0.0543. The van der Waals surface area contributed by atoms with Crippen molar-refractivity contribution in [1.82, 2.24) is 9.97 Å². The second kappa shape index (κ2) is 5.70. The van der Waals surface area contributed by atoms with Gasteiger partial charge >= 0.3 is 5.69 Å². The Labute approximate surface area is 120 Å². The van der Waals surface area contributed by atoms with Crippen molar-refractivity contribution in [3.8, 4) is 0 Å². The highest BCUT2D eigenvalue weighted by Crippen LogP contribution is 2.30. The first-order chi connectivity index (χ1) is 9.92. The lowest BCUT2D eigenvalue weighted by atomic mass is 10.2. The van der Waals surface area contributed by atoms with Gasteiger partial charge in [-0.2, -0.15) is 4.98 Å². The topological polar surface area (TPSA) is 93.0 Å². The zero-order valence-corrected chi connectivity index (χ0v) is 11.8. The molecule has 0 amide bonds. The number of hydrogen-bond donors (Lipinski definition) is 2. The molecular weight excluding hydrogens is 277 g/mol. The summed E-state index contributed by atoms with van der Waals surface area (Å²) in [6, 6.07) is 4.45. The van der Waals surface area contributed by atoms with Crippen LogP contribution in [0.5, 0.6) is 0 Å². The number of rotatable bonds is 4. The molecule has 1 heterocycles. The molecule has 1 aromatic carbocycles. The fourth-order valence-electron chi connectivity index (χ4n) is 1.85. The van der Waals surface area contributed by atoms with Gasteiger partial charge < -0.3 is 10.6 Å². The molecule has 21 heavy (non-hydrogen) atoms. The van der Waals surface area contributed by atoms with Crippen LogP contribution < -0.4 is 10.6 Å². The summed E-state index contributed by atoms with van der Waals surface area (Å²) in [4.78, 5) is 18.5.